The number of para-hydroxylation sites is 1. The summed E-state index contributed by atoms with van der Waals surface area (Å²) >= 11 is 0. The number of pyridine rings is 1. The maximum atomic E-state index is 12.6. The summed E-state index contributed by atoms with van der Waals surface area (Å²) in [5.41, 5.74) is 4.06. The molecule has 0 aliphatic carbocycles. The topological polar surface area (TPSA) is 51.0 Å². The van der Waals surface area contributed by atoms with Gasteiger partial charge in [0.25, 0.3) is 5.56 Å². The predicted octanol–water partition coefficient (Wildman–Crippen LogP) is 2.93. The van der Waals surface area contributed by atoms with Crippen LogP contribution in [0.25, 0.3) is 10.9 Å². The normalized spacial score (nSPS) is 12.7. The Hall–Kier alpha value is -2.53. The lowest BCUT2D eigenvalue weighted by Crippen LogP contribution is -2.36. The molecule has 0 saturated carbocycles. The first-order valence-electron chi connectivity index (χ1n) is 8.52. The molecule has 0 N–H and O–H groups in total. The third-order valence-electron chi connectivity index (χ3n) is 4.51. The van der Waals surface area contributed by atoms with Gasteiger partial charge in [-0.25, -0.2) is 4.98 Å². The third-order valence-corrected chi connectivity index (χ3v) is 4.51. The minimum atomic E-state index is 0.00961. The summed E-state index contributed by atoms with van der Waals surface area (Å²) in [5, 5.41) is 0.663. The van der Waals surface area contributed by atoms with E-state index < -0.39 is 0 Å². The van der Waals surface area contributed by atoms with Crippen molar-refractivity contribution in [3.63, 3.8) is 0 Å². The summed E-state index contributed by atoms with van der Waals surface area (Å²) in [6, 6.07) is 11.8. The minimum absolute atomic E-state index is 0.00961. The lowest BCUT2D eigenvalue weighted by molar-refractivity contribution is 0.223. The van der Waals surface area contributed by atoms with Gasteiger partial charge < -0.3 is 0 Å². The Balaban J connectivity index is 1.76. The molecule has 25 heavy (non-hydrogen) atoms. The maximum absolute atomic E-state index is 12.6. The number of likely N-dealkylation sites (N-methyl/N-ethyl adjacent to an activating group) is 1. The first-order valence-corrected chi connectivity index (χ1v) is 8.52. The molecule has 2 aromatic heterocycles. The van der Waals surface area contributed by atoms with Gasteiger partial charge in [-0.15, -0.1) is 0 Å². The van der Waals surface area contributed by atoms with Crippen LogP contribution >= 0.6 is 0 Å². The quantitative estimate of drug-likeness (QED) is 0.719. The van der Waals surface area contributed by atoms with Crippen molar-refractivity contribution in [1.29, 1.82) is 0 Å². The minimum Gasteiger partial charge on any atom is -0.297 e. The van der Waals surface area contributed by atoms with Crippen molar-refractivity contribution in [2.45, 2.75) is 39.9 Å². The summed E-state index contributed by atoms with van der Waals surface area (Å²) in [4.78, 5) is 23.8. The molecule has 0 amide bonds. The molecule has 5 heteroatoms. The van der Waals surface area contributed by atoms with Crippen LogP contribution in [0.5, 0.6) is 0 Å². The highest BCUT2D eigenvalue weighted by molar-refractivity contribution is 5.76. The van der Waals surface area contributed by atoms with Gasteiger partial charge in [0, 0.05) is 24.8 Å². The summed E-state index contributed by atoms with van der Waals surface area (Å²) in [6.07, 6.45) is 1.64. The zero-order valence-corrected chi connectivity index (χ0v) is 15.2. The highest BCUT2D eigenvalue weighted by Crippen LogP contribution is 2.10. The summed E-state index contributed by atoms with van der Waals surface area (Å²) in [5.74, 6) is 0. The molecule has 3 rings (SSSR count). The number of nitrogens with zero attached hydrogens (tertiary/aromatic N) is 4. The van der Waals surface area contributed by atoms with Crippen LogP contribution in [-0.2, 0) is 13.1 Å². The van der Waals surface area contributed by atoms with Crippen molar-refractivity contribution in [2.75, 3.05) is 7.05 Å². The van der Waals surface area contributed by atoms with Gasteiger partial charge in [0.2, 0.25) is 0 Å². The largest absolute Gasteiger partial charge is 0.297 e. The van der Waals surface area contributed by atoms with Crippen LogP contribution in [0.4, 0.5) is 0 Å². The second-order valence-corrected chi connectivity index (χ2v) is 6.76. The zero-order chi connectivity index (χ0) is 18.0. The van der Waals surface area contributed by atoms with Gasteiger partial charge in [-0.05, 0) is 57.6 Å². The van der Waals surface area contributed by atoms with Gasteiger partial charge in [0.15, 0.2) is 0 Å². The summed E-state index contributed by atoms with van der Waals surface area (Å²) < 4.78 is 1.69. The van der Waals surface area contributed by atoms with E-state index in [0.29, 0.717) is 11.9 Å². The van der Waals surface area contributed by atoms with Gasteiger partial charge in [-0.2, -0.15) is 0 Å². The van der Waals surface area contributed by atoms with E-state index >= 15 is 0 Å². The van der Waals surface area contributed by atoms with Crippen LogP contribution in [0.2, 0.25) is 0 Å². The fourth-order valence-electron chi connectivity index (χ4n) is 3.08. The van der Waals surface area contributed by atoms with E-state index in [1.807, 2.05) is 31.2 Å². The first kappa shape index (κ1) is 17.3. The van der Waals surface area contributed by atoms with Crippen molar-refractivity contribution < 1.29 is 0 Å². The van der Waals surface area contributed by atoms with E-state index in [9.17, 15) is 4.79 Å². The van der Waals surface area contributed by atoms with E-state index in [1.54, 1.807) is 10.9 Å². The van der Waals surface area contributed by atoms with Gasteiger partial charge in [0.05, 0.1) is 22.9 Å². The Morgan fingerprint density at radius 3 is 2.72 bits per heavy atom. The van der Waals surface area contributed by atoms with Crippen LogP contribution < -0.4 is 5.56 Å². The smallest absolute Gasteiger partial charge is 0.261 e. The molecule has 0 saturated heterocycles. The zero-order valence-electron chi connectivity index (χ0n) is 15.2. The average Bonchev–Trinajstić information content (AvgIpc) is 2.56. The van der Waals surface area contributed by atoms with Gasteiger partial charge >= 0.3 is 0 Å². The fourth-order valence-corrected chi connectivity index (χ4v) is 3.08. The molecular formula is C20H24N4O. The molecule has 0 unspecified atom stereocenters. The highest BCUT2D eigenvalue weighted by atomic mass is 16.1. The van der Waals surface area contributed by atoms with Crippen molar-refractivity contribution in [3.05, 3.63) is 70.0 Å². The molecule has 0 aliphatic heterocycles. The molecule has 5 nitrogen and oxygen atoms in total. The summed E-state index contributed by atoms with van der Waals surface area (Å²) in [7, 11) is 2.06. The number of hydrogen-bond acceptors (Lipinski definition) is 4. The number of hydrogen-bond donors (Lipinski definition) is 0. The van der Waals surface area contributed by atoms with Crippen molar-refractivity contribution in [3.8, 4) is 0 Å². The molecule has 0 aliphatic rings. The van der Waals surface area contributed by atoms with E-state index in [-0.39, 0.29) is 11.6 Å². The molecule has 130 valence electrons. The van der Waals surface area contributed by atoms with Crippen LogP contribution in [0.15, 0.2) is 47.5 Å². The van der Waals surface area contributed by atoms with Crippen molar-refractivity contribution in [2.24, 2.45) is 0 Å². The van der Waals surface area contributed by atoms with Crippen molar-refractivity contribution >= 4 is 10.9 Å². The predicted molar refractivity (Wildman–Crippen MR) is 101 cm³/mol. The van der Waals surface area contributed by atoms with Crippen LogP contribution in [-0.4, -0.2) is 32.5 Å². The number of aryl methyl sites for hydroxylation is 2. The SMILES string of the molecule is Cc1cc(C)nc(CN(C)[C@@H](C)Cn2cnc3ccccc3c2=O)c1. The van der Waals surface area contributed by atoms with E-state index in [1.165, 1.54) is 5.56 Å². The Bertz CT molecular complexity index is 928. The number of fused-ring (bicyclic) bond motifs is 1. The van der Waals surface area contributed by atoms with Gasteiger partial charge in [0.1, 0.15) is 0 Å². The van der Waals surface area contributed by atoms with Gasteiger partial charge in [-0.1, -0.05) is 12.1 Å². The standard InChI is InChI=1S/C20H24N4O/c1-14-9-15(2)22-17(10-14)12-23(4)16(3)11-24-13-21-19-8-6-5-7-18(19)20(24)25/h5-10,13,16H,11-12H2,1-4H3/t16-/m0/s1. The second kappa shape index (κ2) is 7.15. The van der Waals surface area contributed by atoms with E-state index in [4.69, 9.17) is 0 Å². The average molecular weight is 336 g/mol. The molecule has 0 radical (unpaired) electrons. The van der Waals surface area contributed by atoms with E-state index in [0.717, 1.165) is 23.4 Å². The molecule has 0 spiro atoms. The fraction of sp³-hybridized carbons (Fsp3) is 0.350. The third kappa shape index (κ3) is 3.94. The monoisotopic (exact) mass is 336 g/mol. The molecule has 1 aromatic carbocycles. The Labute approximate surface area is 148 Å². The summed E-state index contributed by atoms with van der Waals surface area (Å²) in [6.45, 7) is 7.56. The molecular weight excluding hydrogens is 312 g/mol. The molecule has 1 atom stereocenters. The number of aromatic nitrogens is 3. The Morgan fingerprint density at radius 1 is 1.20 bits per heavy atom. The lowest BCUT2D eigenvalue weighted by atomic mass is 10.2. The second-order valence-electron chi connectivity index (χ2n) is 6.76. The first-order chi connectivity index (χ1) is 11.9. The molecule has 0 bridgehead atoms. The van der Waals surface area contributed by atoms with E-state index in [2.05, 4.69) is 47.9 Å². The Kier molecular flexibility index (Phi) is 4.95. The number of benzene rings is 1. The lowest BCUT2D eigenvalue weighted by Gasteiger charge is -2.25. The molecule has 2 heterocycles. The Morgan fingerprint density at radius 2 is 1.96 bits per heavy atom. The van der Waals surface area contributed by atoms with Gasteiger partial charge in [-0.3, -0.25) is 19.2 Å². The molecule has 0 fully saturated rings. The van der Waals surface area contributed by atoms with Crippen LogP contribution in [0.3, 0.4) is 0 Å². The van der Waals surface area contributed by atoms with Crippen LogP contribution in [0.1, 0.15) is 23.9 Å². The van der Waals surface area contributed by atoms with Crippen molar-refractivity contribution in [1.82, 2.24) is 19.4 Å². The number of rotatable bonds is 5. The maximum Gasteiger partial charge on any atom is 0.261 e. The highest BCUT2D eigenvalue weighted by Gasteiger charge is 2.13. The van der Waals surface area contributed by atoms with Crippen LogP contribution in [0, 0.1) is 13.8 Å². The molecule has 3 aromatic rings.